The Bertz CT molecular complexity index is 570. The van der Waals surface area contributed by atoms with Gasteiger partial charge in [-0.1, -0.05) is 20.3 Å². The van der Waals surface area contributed by atoms with Crippen LogP contribution in [0.25, 0.3) is 0 Å². The van der Waals surface area contributed by atoms with Gasteiger partial charge in [0.1, 0.15) is 11.7 Å². The van der Waals surface area contributed by atoms with Crippen LogP contribution in [0.3, 0.4) is 0 Å². The standard InChI is InChI=1S/C14H18N2O5/c1-4-8(2)13(14(18)19)15-11-6-5-10(9(3)17)7-12(11)16(20)21/h5-8,13,15H,4H2,1-3H3,(H,18,19)/t8-,13-/m0/s1. The second-order valence-corrected chi connectivity index (χ2v) is 4.89. The highest BCUT2D eigenvalue weighted by atomic mass is 16.6. The topological polar surface area (TPSA) is 110 Å². The van der Waals surface area contributed by atoms with Crippen LogP contribution < -0.4 is 5.32 Å². The Morgan fingerprint density at radius 1 is 1.43 bits per heavy atom. The van der Waals surface area contributed by atoms with Gasteiger partial charge in [-0.2, -0.15) is 0 Å². The molecule has 0 aliphatic heterocycles. The van der Waals surface area contributed by atoms with Crippen molar-refractivity contribution in [3.8, 4) is 0 Å². The molecule has 2 N–H and O–H groups in total. The number of hydrogen-bond donors (Lipinski definition) is 2. The van der Waals surface area contributed by atoms with Crippen molar-refractivity contribution in [3.05, 3.63) is 33.9 Å². The van der Waals surface area contributed by atoms with Crippen molar-refractivity contribution < 1.29 is 19.6 Å². The maximum absolute atomic E-state index is 11.3. The molecule has 0 bridgehead atoms. The van der Waals surface area contributed by atoms with Crippen molar-refractivity contribution in [2.75, 3.05) is 5.32 Å². The molecule has 0 amide bonds. The first-order chi connectivity index (χ1) is 9.77. The molecule has 0 aromatic heterocycles. The van der Waals surface area contributed by atoms with Crippen LogP contribution >= 0.6 is 0 Å². The lowest BCUT2D eigenvalue weighted by Crippen LogP contribution is -2.35. The fourth-order valence-corrected chi connectivity index (χ4v) is 1.87. The lowest BCUT2D eigenvalue weighted by Gasteiger charge is -2.21. The van der Waals surface area contributed by atoms with E-state index in [-0.39, 0.29) is 28.6 Å². The number of nitrogens with zero attached hydrogens (tertiary/aromatic N) is 1. The summed E-state index contributed by atoms with van der Waals surface area (Å²) >= 11 is 0. The summed E-state index contributed by atoms with van der Waals surface area (Å²) in [7, 11) is 0. The van der Waals surface area contributed by atoms with Crippen LogP contribution in [0.4, 0.5) is 11.4 Å². The molecule has 1 aromatic carbocycles. The zero-order chi connectivity index (χ0) is 16.2. The first kappa shape index (κ1) is 16.6. The van der Waals surface area contributed by atoms with E-state index in [1.165, 1.54) is 19.1 Å². The summed E-state index contributed by atoms with van der Waals surface area (Å²) in [4.78, 5) is 33.0. The Morgan fingerprint density at radius 3 is 2.48 bits per heavy atom. The molecule has 0 spiro atoms. The second-order valence-electron chi connectivity index (χ2n) is 4.89. The zero-order valence-corrected chi connectivity index (χ0v) is 12.1. The SMILES string of the molecule is CC[C@H](C)[C@H](Nc1ccc(C(C)=O)cc1[N+](=O)[O-])C(=O)O. The molecule has 0 unspecified atom stereocenters. The van der Waals surface area contributed by atoms with Crippen LogP contribution in [0, 0.1) is 16.0 Å². The van der Waals surface area contributed by atoms with E-state index in [1.54, 1.807) is 6.92 Å². The number of carboxylic acids is 1. The molecule has 0 aliphatic carbocycles. The Labute approximate surface area is 122 Å². The molecule has 7 nitrogen and oxygen atoms in total. The third-order valence-electron chi connectivity index (χ3n) is 3.39. The monoisotopic (exact) mass is 294 g/mol. The molecule has 0 heterocycles. The maximum Gasteiger partial charge on any atom is 0.326 e. The van der Waals surface area contributed by atoms with Crippen molar-refractivity contribution >= 4 is 23.1 Å². The van der Waals surface area contributed by atoms with E-state index in [9.17, 15) is 24.8 Å². The fourth-order valence-electron chi connectivity index (χ4n) is 1.87. The van der Waals surface area contributed by atoms with Crippen LogP contribution in [0.15, 0.2) is 18.2 Å². The minimum absolute atomic E-state index is 0.0951. The van der Waals surface area contributed by atoms with Gasteiger partial charge in [-0.3, -0.25) is 14.9 Å². The van der Waals surface area contributed by atoms with Crippen molar-refractivity contribution in [1.82, 2.24) is 0 Å². The predicted octanol–water partition coefficient (Wildman–Crippen LogP) is 2.71. The number of benzene rings is 1. The van der Waals surface area contributed by atoms with Crippen LogP contribution in [-0.2, 0) is 4.79 Å². The largest absolute Gasteiger partial charge is 0.480 e. The Kier molecular flexibility index (Phi) is 5.40. The van der Waals surface area contributed by atoms with E-state index in [4.69, 9.17) is 0 Å². The van der Waals surface area contributed by atoms with Crippen molar-refractivity contribution in [1.29, 1.82) is 0 Å². The highest BCUT2D eigenvalue weighted by molar-refractivity contribution is 5.95. The van der Waals surface area contributed by atoms with E-state index < -0.39 is 16.9 Å². The summed E-state index contributed by atoms with van der Waals surface area (Å²) in [6, 6.07) is 3.03. The lowest BCUT2D eigenvalue weighted by atomic mass is 9.98. The van der Waals surface area contributed by atoms with E-state index in [0.29, 0.717) is 6.42 Å². The molecule has 0 saturated carbocycles. The molecule has 0 radical (unpaired) electrons. The summed E-state index contributed by atoms with van der Waals surface area (Å²) in [5.41, 5.74) is -0.00221. The minimum atomic E-state index is -1.07. The number of nitro groups is 1. The number of carboxylic acid groups (broad SMARTS) is 1. The van der Waals surface area contributed by atoms with Crippen LogP contribution in [0.2, 0.25) is 0 Å². The van der Waals surface area contributed by atoms with Gasteiger partial charge in [0.25, 0.3) is 5.69 Å². The average molecular weight is 294 g/mol. The van der Waals surface area contributed by atoms with E-state index in [1.807, 2.05) is 6.92 Å². The van der Waals surface area contributed by atoms with Crippen molar-refractivity contribution in [2.24, 2.45) is 5.92 Å². The predicted molar refractivity (Wildman–Crippen MR) is 77.6 cm³/mol. The highest BCUT2D eigenvalue weighted by Crippen LogP contribution is 2.28. The quantitative estimate of drug-likeness (QED) is 0.454. The van der Waals surface area contributed by atoms with Crippen LogP contribution in [0.1, 0.15) is 37.6 Å². The summed E-state index contributed by atoms with van der Waals surface area (Å²) in [5, 5.41) is 23.0. The minimum Gasteiger partial charge on any atom is -0.480 e. The Hall–Kier alpha value is -2.44. The van der Waals surface area contributed by atoms with E-state index in [0.717, 1.165) is 6.07 Å². The Morgan fingerprint density at radius 2 is 2.05 bits per heavy atom. The van der Waals surface area contributed by atoms with Gasteiger partial charge in [0.15, 0.2) is 5.78 Å². The van der Waals surface area contributed by atoms with Gasteiger partial charge in [-0.05, 0) is 25.0 Å². The number of carbonyl (C=O) groups is 2. The molecule has 0 fully saturated rings. The molecule has 1 rings (SSSR count). The van der Waals surface area contributed by atoms with Crippen LogP contribution in [-0.4, -0.2) is 27.8 Å². The van der Waals surface area contributed by atoms with Gasteiger partial charge in [-0.25, -0.2) is 4.79 Å². The smallest absolute Gasteiger partial charge is 0.326 e. The summed E-state index contributed by atoms with van der Waals surface area (Å²) in [5.74, 6) is -1.56. The van der Waals surface area contributed by atoms with Gasteiger partial charge in [-0.15, -0.1) is 0 Å². The maximum atomic E-state index is 11.3. The average Bonchev–Trinajstić information content (AvgIpc) is 2.43. The molecule has 0 aliphatic rings. The fraction of sp³-hybridized carbons (Fsp3) is 0.429. The number of hydrogen-bond acceptors (Lipinski definition) is 5. The summed E-state index contributed by atoms with van der Waals surface area (Å²) in [6.07, 6.45) is 0.614. The molecule has 0 saturated heterocycles. The molecular formula is C14H18N2O5. The summed E-state index contributed by atoms with van der Waals surface area (Å²) in [6.45, 7) is 4.91. The first-order valence-electron chi connectivity index (χ1n) is 6.56. The number of ketones is 1. The Balaban J connectivity index is 3.20. The van der Waals surface area contributed by atoms with Gasteiger partial charge in [0.05, 0.1) is 4.92 Å². The van der Waals surface area contributed by atoms with Crippen molar-refractivity contribution in [3.63, 3.8) is 0 Å². The summed E-state index contributed by atoms with van der Waals surface area (Å²) < 4.78 is 0. The number of Topliss-reactive ketones (excluding diaryl/α,β-unsaturated/α-hetero) is 1. The molecule has 21 heavy (non-hydrogen) atoms. The number of anilines is 1. The van der Waals surface area contributed by atoms with E-state index in [2.05, 4.69) is 5.32 Å². The normalized spacial score (nSPS) is 13.3. The van der Waals surface area contributed by atoms with Gasteiger partial charge in [0.2, 0.25) is 0 Å². The van der Waals surface area contributed by atoms with Crippen LogP contribution in [0.5, 0.6) is 0 Å². The molecule has 2 atom stereocenters. The van der Waals surface area contributed by atoms with E-state index >= 15 is 0 Å². The van der Waals surface area contributed by atoms with Gasteiger partial charge in [0, 0.05) is 11.6 Å². The molecular weight excluding hydrogens is 276 g/mol. The molecule has 1 aromatic rings. The third kappa shape index (κ3) is 4.01. The first-order valence-corrected chi connectivity index (χ1v) is 6.56. The number of rotatable bonds is 7. The second kappa shape index (κ2) is 6.83. The molecule has 7 heteroatoms. The third-order valence-corrected chi connectivity index (χ3v) is 3.39. The van der Waals surface area contributed by atoms with Gasteiger partial charge < -0.3 is 10.4 Å². The number of aliphatic carboxylic acids is 1. The number of nitrogens with one attached hydrogen (secondary N) is 1. The highest BCUT2D eigenvalue weighted by Gasteiger charge is 2.26. The van der Waals surface area contributed by atoms with Gasteiger partial charge >= 0.3 is 5.97 Å². The number of nitro benzene ring substituents is 1. The number of carbonyl (C=O) groups excluding carboxylic acids is 1. The zero-order valence-electron chi connectivity index (χ0n) is 12.1. The molecule has 114 valence electrons. The van der Waals surface area contributed by atoms with Crippen molar-refractivity contribution in [2.45, 2.75) is 33.2 Å². The lowest BCUT2D eigenvalue weighted by molar-refractivity contribution is -0.384.